The molecule has 0 nitrogen and oxygen atoms in total. The first-order chi connectivity index (χ1) is 7.12. The van der Waals surface area contributed by atoms with Gasteiger partial charge in [0.05, 0.1) is 0 Å². The summed E-state index contributed by atoms with van der Waals surface area (Å²) in [6.07, 6.45) is 6.77. The quantitative estimate of drug-likeness (QED) is 0.500. The first kappa shape index (κ1) is 16.0. The second-order valence-corrected chi connectivity index (χ2v) is 7.39. The summed E-state index contributed by atoms with van der Waals surface area (Å²) in [5.74, 6) is 0. The van der Waals surface area contributed by atoms with Gasteiger partial charge in [-0.3, -0.25) is 0 Å². The van der Waals surface area contributed by atoms with Crippen LogP contribution in [-0.2, 0) is 0 Å². The van der Waals surface area contributed by atoms with Crippen molar-refractivity contribution in [3.8, 4) is 0 Å². The molecule has 0 N–H and O–H groups in total. The van der Waals surface area contributed by atoms with Gasteiger partial charge in [-0.05, 0) is 29.1 Å². The lowest BCUT2D eigenvalue weighted by Gasteiger charge is -2.54. The summed E-state index contributed by atoms with van der Waals surface area (Å²) in [6.45, 7) is 19.2. The topological polar surface area (TPSA) is 0 Å². The van der Waals surface area contributed by atoms with Crippen LogP contribution in [-0.4, -0.2) is 0 Å². The number of hydrogen-bond acceptors (Lipinski definition) is 0. The average Bonchev–Trinajstić information content (AvgIpc) is 2.08. The van der Waals surface area contributed by atoms with E-state index in [4.69, 9.17) is 0 Å². The van der Waals surface area contributed by atoms with E-state index >= 15 is 0 Å². The zero-order chi connectivity index (χ0) is 13.0. The lowest BCUT2D eigenvalue weighted by molar-refractivity contribution is -0.0458. The van der Waals surface area contributed by atoms with Crippen molar-refractivity contribution in [1.82, 2.24) is 0 Å². The van der Waals surface area contributed by atoms with Crippen molar-refractivity contribution < 1.29 is 0 Å². The number of hydrogen-bond donors (Lipinski definition) is 0. The Hall–Kier alpha value is 0. The fourth-order valence-corrected chi connectivity index (χ4v) is 3.79. The van der Waals surface area contributed by atoms with Crippen molar-refractivity contribution >= 4 is 0 Å². The molecule has 98 valence electrons. The Bertz CT molecular complexity index is 173. The molecule has 0 aromatic heterocycles. The molecule has 0 aliphatic heterocycles. The lowest BCUT2D eigenvalue weighted by Crippen LogP contribution is -2.45. The van der Waals surface area contributed by atoms with Gasteiger partial charge in [-0.1, -0.05) is 74.7 Å². The van der Waals surface area contributed by atoms with Gasteiger partial charge in [-0.2, -0.15) is 0 Å². The molecule has 0 heterocycles. The summed E-state index contributed by atoms with van der Waals surface area (Å²) in [6, 6.07) is 0. The Morgan fingerprint density at radius 2 is 1.12 bits per heavy atom. The summed E-state index contributed by atoms with van der Waals surface area (Å²) in [4.78, 5) is 0. The zero-order valence-corrected chi connectivity index (χ0v) is 13.0. The van der Waals surface area contributed by atoms with E-state index in [1.807, 2.05) is 0 Å². The minimum atomic E-state index is 0.397. The molecular formula is C16H34. The van der Waals surface area contributed by atoms with Gasteiger partial charge >= 0.3 is 0 Å². The summed E-state index contributed by atoms with van der Waals surface area (Å²) in [7, 11) is 0. The van der Waals surface area contributed by atoms with Crippen LogP contribution in [0.4, 0.5) is 0 Å². The van der Waals surface area contributed by atoms with Crippen LogP contribution in [0.2, 0.25) is 0 Å². The minimum absolute atomic E-state index is 0.397. The first-order valence-corrected chi connectivity index (χ1v) is 7.12. The fraction of sp³-hybridized carbons (Fsp3) is 1.00. The van der Waals surface area contributed by atoms with E-state index in [9.17, 15) is 0 Å². The van der Waals surface area contributed by atoms with E-state index in [0.717, 1.165) is 0 Å². The van der Waals surface area contributed by atoms with E-state index in [1.54, 1.807) is 0 Å². The molecule has 0 bridgehead atoms. The van der Waals surface area contributed by atoms with E-state index in [-0.39, 0.29) is 0 Å². The molecule has 0 fully saturated rings. The van der Waals surface area contributed by atoms with Gasteiger partial charge in [0.25, 0.3) is 0 Å². The highest BCUT2D eigenvalue weighted by Crippen LogP contribution is 2.56. The van der Waals surface area contributed by atoms with Gasteiger partial charge in [0.15, 0.2) is 0 Å². The van der Waals surface area contributed by atoms with Crippen LogP contribution in [0.1, 0.15) is 87.5 Å². The third-order valence-corrected chi connectivity index (χ3v) is 4.68. The summed E-state index contributed by atoms with van der Waals surface area (Å²) in [5.41, 5.74) is 1.26. The van der Waals surface area contributed by atoms with Crippen LogP contribution in [0.15, 0.2) is 0 Å². The van der Waals surface area contributed by atoms with Crippen LogP contribution >= 0.6 is 0 Å². The van der Waals surface area contributed by atoms with Crippen LogP contribution in [0, 0.1) is 16.2 Å². The molecule has 0 saturated heterocycles. The molecule has 0 aromatic carbocycles. The van der Waals surface area contributed by atoms with Crippen molar-refractivity contribution in [2.75, 3.05) is 0 Å². The molecule has 0 amide bonds. The molecule has 0 heteroatoms. The predicted molar refractivity (Wildman–Crippen MR) is 75.8 cm³/mol. The van der Waals surface area contributed by atoms with Crippen molar-refractivity contribution in [2.24, 2.45) is 16.2 Å². The molecule has 0 aromatic rings. The van der Waals surface area contributed by atoms with Crippen molar-refractivity contribution in [1.29, 1.82) is 0 Å². The van der Waals surface area contributed by atoms with Crippen LogP contribution in [0.25, 0.3) is 0 Å². The van der Waals surface area contributed by atoms with Crippen molar-refractivity contribution in [2.45, 2.75) is 87.5 Å². The molecule has 0 atom stereocenters. The van der Waals surface area contributed by atoms with E-state index in [1.165, 1.54) is 32.1 Å². The highest BCUT2D eigenvalue weighted by molar-refractivity contribution is 4.97. The monoisotopic (exact) mass is 226 g/mol. The number of unbranched alkanes of at least 4 members (excludes halogenated alkanes) is 2. The molecule has 0 unspecified atom stereocenters. The molecular weight excluding hydrogens is 192 g/mol. The fourth-order valence-electron chi connectivity index (χ4n) is 3.79. The van der Waals surface area contributed by atoms with Gasteiger partial charge < -0.3 is 0 Å². The maximum absolute atomic E-state index is 2.42. The Morgan fingerprint density at radius 3 is 1.38 bits per heavy atom. The molecule has 16 heavy (non-hydrogen) atoms. The van der Waals surface area contributed by atoms with Crippen LogP contribution < -0.4 is 0 Å². The minimum Gasteiger partial charge on any atom is -0.0654 e. The van der Waals surface area contributed by atoms with Gasteiger partial charge in [0.2, 0.25) is 0 Å². The van der Waals surface area contributed by atoms with Gasteiger partial charge in [-0.15, -0.1) is 0 Å². The van der Waals surface area contributed by atoms with E-state index in [0.29, 0.717) is 16.2 Å². The average molecular weight is 226 g/mol. The SMILES string of the molecule is CCCCCC(CC)(C(C)(C)C)C(C)(C)C. The van der Waals surface area contributed by atoms with Gasteiger partial charge in [0.1, 0.15) is 0 Å². The van der Waals surface area contributed by atoms with Gasteiger partial charge in [0, 0.05) is 0 Å². The summed E-state index contributed by atoms with van der Waals surface area (Å²) < 4.78 is 0. The molecule has 0 aliphatic rings. The molecule has 0 radical (unpaired) electrons. The van der Waals surface area contributed by atoms with E-state index < -0.39 is 0 Å². The first-order valence-electron chi connectivity index (χ1n) is 7.12. The van der Waals surface area contributed by atoms with Crippen LogP contribution in [0.5, 0.6) is 0 Å². The Kier molecular flexibility index (Phi) is 5.56. The third-order valence-electron chi connectivity index (χ3n) is 4.68. The summed E-state index contributed by atoms with van der Waals surface area (Å²) in [5, 5.41) is 0. The second kappa shape index (κ2) is 5.56. The Balaban J connectivity index is 5.00. The zero-order valence-electron chi connectivity index (χ0n) is 13.0. The Labute approximate surface area is 104 Å². The highest BCUT2D eigenvalue weighted by atomic mass is 14.5. The highest BCUT2D eigenvalue weighted by Gasteiger charge is 2.48. The van der Waals surface area contributed by atoms with Gasteiger partial charge in [-0.25, -0.2) is 0 Å². The predicted octanol–water partition coefficient (Wildman–Crippen LogP) is 6.06. The van der Waals surface area contributed by atoms with Crippen LogP contribution in [0.3, 0.4) is 0 Å². The molecule has 0 spiro atoms. The smallest absolute Gasteiger partial charge is 0.0203 e. The standard InChI is InChI=1S/C16H34/c1-9-11-12-13-16(10-2,14(3,4)5)15(6,7)8/h9-13H2,1-8H3. The van der Waals surface area contributed by atoms with Crippen molar-refractivity contribution in [3.05, 3.63) is 0 Å². The molecule has 0 rings (SSSR count). The normalized spacial score (nSPS) is 14.2. The largest absolute Gasteiger partial charge is 0.0654 e. The molecule has 0 aliphatic carbocycles. The van der Waals surface area contributed by atoms with E-state index in [2.05, 4.69) is 55.4 Å². The second-order valence-electron chi connectivity index (χ2n) is 7.39. The molecule has 0 saturated carbocycles. The maximum atomic E-state index is 2.42. The lowest BCUT2D eigenvalue weighted by atomic mass is 9.51. The maximum Gasteiger partial charge on any atom is -0.0203 e. The Morgan fingerprint density at radius 1 is 0.688 bits per heavy atom. The summed E-state index contributed by atoms with van der Waals surface area (Å²) >= 11 is 0. The van der Waals surface area contributed by atoms with Crippen molar-refractivity contribution in [3.63, 3.8) is 0 Å². The number of rotatable bonds is 5. The third kappa shape index (κ3) is 3.25.